The van der Waals surface area contributed by atoms with Gasteiger partial charge in [0.15, 0.2) is 21.5 Å². The molecule has 8 nitrogen and oxygen atoms in total. The third-order valence-electron chi connectivity index (χ3n) is 7.38. The van der Waals surface area contributed by atoms with E-state index in [1.807, 2.05) is 7.05 Å². The summed E-state index contributed by atoms with van der Waals surface area (Å²) in [4.78, 5) is 33.0. The maximum Gasteiger partial charge on any atom is 0.256 e. The molecule has 1 saturated heterocycles. The summed E-state index contributed by atoms with van der Waals surface area (Å²) < 4.78 is 68.1. The highest BCUT2D eigenvalue weighted by atomic mass is 32.2. The number of carbonyl (C=O) groups is 2. The highest BCUT2D eigenvalue weighted by Gasteiger charge is 2.30. The number of rotatable bonds is 5. The summed E-state index contributed by atoms with van der Waals surface area (Å²) >= 11 is 0. The van der Waals surface area contributed by atoms with E-state index in [0.29, 0.717) is 53.4 Å². The van der Waals surface area contributed by atoms with Crippen molar-refractivity contribution in [1.82, 2.24) is 14.8 Å². The lowest BCUT2D eigenvalue weighted by Gasteiger charge is -2.32. The normalized spacial score (nSPS) is 16.9. The van der Waals surface area contributed by atoms with E-state index in [-0.39, 0.29) is 21.9 Å². The molecule has 0 saturated carbocycles. The van der Waals surface area contributed by atoms with Crippen molar-refractivity contribution >= 4 is 39.0 Å². The van der Waals surface area contributed by atoms with Crippen molar-refractivity contribution in [2.75, 3.05) is 38.5 Å². The molecular weight excluding hydrogens is 545 g/mol. The van der Waals surface area contributed by atoms with Crippen LogP contribution in [0.15, 0.2) is 35.2 Å². The van der Waals surface area contributed by atoms with Crippen LogP contribution in [0.25, 0.3) is 11.6 Å². The van der Waals surface area contributed by atoms with Crippen molar-refractivity contribution in [3.8, 4) is 0 Å². The van der Waals surface area contributed by atoms with Gasteiger partial charge in [0.1, 0.15) is 5.82 Å². The Bertz CT molecular complexity index is 1690. The lowest BCUT2D eigenvalue weighted by molar-refractivity contribution is -0.110. The molecule has 0 atom stereocenters. The van der Waals surface area contributed by atoms with Gasteiger partial charge in [-0.2, -0.15) is 0 Å². The van der Waals surface area contributed by atoms with Crippen molar-refractivity contribution < 1.29 is 31.2 Å². The van der Waals surface area contributed by atoms with Gasteiger partial charge in [-0.1, -0.05) is 0 Å². The summed E-state index contributed by atoms with van der Waals surface area (Å²) in [7, 11) is -2.33. The SMILES string of the molecule is Cc1[nH]c(C=C2C(=O)Nc3ccc(S(=O)(=O)Cc4c(F)ccc(F)c4F)cc32)c(C)c1C(=O)N1CCN(C)CC1. The average Bonchev–Trinajstić information content (AvgIpc) is 3.38. The molecule has 0 bridgehead atoms. The molecule has 210 valence electrons. The van der Waals surface area contributed by atoms with Crippen LogP contribution >= 0.6 is 0 Å². The zero-order valence-electron chi connectivity index (χ0n) is 22.1. The van der Waals surface area contributed by atoms with Crippen LogP contribution in [0.1, 0.15) is 38.4 Å². The fourth-order valence-electron chi connectivity index (χ4n) is 5.03. The van der Waals surface area contributed by atoms with Gasteiger partial charge in [0.2, 0.25) is 0 Å². The summed E-state index contributed by atoms with van der Waals surface area (Å²) in [5.74, 6) is -5.80. The molecule has 2 amide bonds. The van der Waals surface area contributed by atoms with E-state index in [2.05, 4.69) is 15.2 Å². The van der Waals surface area contributed by atoms with Gasteiger partial charge in [0.25, 0.3) is 11.8 Å². The topological polar surface area (TPSA) is 103 Å². The first-order valence-corrected chi connectivity index (χ1v) is 14.2. The lowest BCUT2D eigenvalue weighted by Crippen LogP contribution is -2.47. The molecule has 1 fully saturated rings. The third-order valence-corrected chi connectivity index (χ3v) is 9.02. The Labute approximate surface area is 229 Å². The second-order valence-electron chi connectivity index (χ2n) is 10.1. The molecule has 2 N–H and O–H groups in total. The molecule has 0 unspecified atom stereocenters. The van der Waals surface area contributed by atoms with Gasteiger partial charge in [0.05, 0.1) is 21.8 Å². The van der Waals surface area contributed by atoms with E-state index in [4.69, 9.17) is 0 Å². The molecule has 40 heavy (non-hydrogen) atoms. The molecule has 1 aromatic heterocycles. The smallest absolute Gasteiger partial charge is 0.256 e. The third kappa shape index (κ3) is 4.92. The zero-order valence-corrected chi connectivity index (χ0v) is 22.9. The number of likely N-dealkylation sites (N-methyl/N-ethyl adjacent to an activating group) is 1. The predicted octanol–water partition coefficient (Wildman–Crippen LogP) is 3.90. The number of benzene rings is 2. The minimum Gasteiger partial charge on any atom is -0.358 e. The van der Waals surface area contributed by atoms with Crippen molar-refractivity contribution in [3.05, 3.63) is 81.4 Å². The van der Waals surface area contributed by atoms with Gasteiger partial charge < -0.3 is 20.1 Å². The van der Waals surface area contributed by atoms with Crippen LogP contribution in [0.5, 0.6) is 0 Å². The van der Waals surface area contributed by atoms with Gasteiger partial charge in [-0.05, 0) is 62.9 Å². The van der Waals surface area contributed by atoms with E-state index in [0.717, 1.165) is 13.1 Å². The number of aromatic amines is 1. The van der Waals surface area contributed by atoms with E-state index in [1.54, 1.807) is 24.8 Å². The Morgan fingerprint density at radius 1 is 1.02 bits per heavy atom. The first-order chi connectivity index (χ1) is 18.9. The Morgan fingerprint density at radius 3 is 2.40 bits per heavy atom. The van der Waals surface area contributed by atoms with Crippen LogP contribution in [-0.2, 0) is 20.4 Å². The summed E-state index contributed by atoms with van der Waals surface area (Å²) in [5.41, 5.74) is 2.20. The number of aryl methyl sites for hydroxylation is 1. The summed E-state index contributed by atoms with van der Waals surface area (Å²) in [6.45, 7) is 6.29. The molecule has 2 aliphatic rings. The van der Waals surface area contributed by atoms with Crippen molar-refractivity contribution in [1.29, 1.82) is 0 Å². The Morgan fingerprint density at radius 2 is 1.70 bits per heavy atom. The maximum atomic E-state index is 14.2. The molecular formula is C28H27F3N4O4S. The number of hydrogen-bond donors (Lipinski definition) is 2. The van der Waals surface area contributed by atoms with Crippen LogP contribution < -0.4 is 5.32 Å². The van der Waals surface area contributed by atoms with E-state index in [1.165, 1.54) is 18.2 Å². The van der Waals surface area contributed by atoms with Crippen LogP contribution in [0, 0.1) is 31.3 Å². The molecule has 3 aromatic rings. The lowest BCUT2D eigenvalue weighted by atomic mass is 10.0. The molecule has 0 aliphatic carbocycles. The van der Waals surface area contributed by atoms with Crippen LogP contribution in [0.3, 0.4) is 0 Å². The number of H-pyrrole nitrogens is 1. The molecule has 2 aliphatic heterocycles. The minimum atomic E-state index is -4.32. The molecule has 0 radical (unpaired) electrons. The highest BCUT2D eigenvalue weighted by molar-refractivity contribution is 7.90. The van der Waals surface area contributed by atoms with Gasteiger partial charge in [-0.3, -0.25) is 9.59 Å². The summed E-state index contributed by atoms with van der Waals surface area (Å²) in [6.07, 6.45) is 1.55. The Balaban J connectivity index is 1.49. The van der Waals surface area contributed by atoms with Crippen molar-refractivity contribution in [2.24, 2.45) is 0 Å². The number of amides is 2. The monoisotopic (exact) mass is 572 g/mol. The number of nitrogens with one attached hydrogen (secondary N) is 2. The standard InChI is InChI=1S/C28H27F3N4O4S/c1-15-24(32-16(2)25(15)28(37)35-10-8-34(3)9-11-35)13-19-18-12-17(4-7-23(18)33-27(19)36)40(38,39)14-20-21(29)5-6-22(30)26(20)31/h4-7,12-13,32H,8-11,14H2,1-3H3,(H,33,36). The van der Waals surface area contributed by atoms with Gasteiger partial charge in [-0.15, -0.1) is 0 Å². The number of aromatic nitrogens is 1. The Kier molecular flexibility index (Phi) is 7.09. The molecule has 12 heteroatoms. The van der Waals surface area contributed by atoms with Crippen LogP contribution in [0.2, 0.25) is 0 Å². The molecule has 2 aromatic carbocycles. The highest BCUT2D eigenvalue weighted by Crippen LogP contribution is 2.36. The number of anilines is 1. The molecule has 3 heterocycles. The second-order valence-corrected chi connectivity index (χ2v) is 12.0. The fourth-order valence-corrected chi connectivity index (χ4v) is 6.41. The minimum absolute atomic E-state index is 0.106. The second kappa shape index (κ2) is 10.3. The number of piperazine rings is 1. The first-order valence-electron chi connectivity index (χ1n) is 12.6. The molecule has 0 spiro atoms. The quantitative estimate of drug-likeness (QED) is 0.357. The van der Waals surface area contributed by atoms with Crippen LogP contribution in [0.4, 0.5) is 18.9 Å². The number of hydrogen-bond acceptors (Lipinski definition) is 5. The fraction of sp³-hybridized carbons (Fsp3) is 0.286. The van der Waals surface area contributed by atoms with Crippen LogP contribution in [-0.4, -0.2) is 68.2 Å². The summed E-state index contributed by atoms with van der Waals surface area (Å²) in [6, 6.07) is 5.08. The van der Waals surface area contributed by atoms with Gasteiger partial charge in [0, 0.05) is 54.4 Å². The number of carbonyl (C=O) groups excluding carboxylic acids is 2. The predicted molar refractivity (Wildman–Crippen MR) is 144 cm³/mol. The van der Waals surface area contributed by atoms with Gasteiger partial charge in [-0.25, -0.2) is 21.6 Å². The Hall–Kier alpha value is -3.90. The van der Waals surface area contributed by atoms with Crippen molar-refractivity contribution in [3.63, 3.8) is 0 Å². The van der Waals surface area contributed by atoms with E-state index < -0.39 is 44.5 Å². The number of sulfone groups is 1. The molecule has 5 rings (SSSR count). The van der Waals surface area contributed by atoms with Gasteiger partial charge >= 0.3 is 0 Å². The largest absolute Gasteiger partial charge is 0.358 e. The first kappa shape index (κ1) is 27.7. The average molecular weight is 573 g/mol. The van der Waals surface area contributed by atoms with E-state index >= 15 is 0 Å². The maximum absolute atomic E-state index is 14.2. The number of fused-ring (bicyclic) bond motifs is 1. The zero-order chi connectivity index (χ0) is 28.9. The van der Waals surface area contributed by atoms with E-state index in [9.17, 15) is 31.2 Å². The number of halogens is 3. The summed E-state index contributed by atoms with van der Waals surface area (Å²) in [5, 5.41) is 2.68. The van der Waals surface area contributed by atoms with Crippen molar-refractivity contribution in [2.45, 2.75) is 24.5 Å². The number of nitrogens with zero attached hydrogens (tertiary/aromatic N) is 2.